The molecule has 4 heteroatoms. The van der Waals surface area contributed by atoms with E-state index in [-0.39, 0.29) is 6.61 Å². The fourth-order valence-electron chi connectivity index (χ4n) is 0.900. The third-order valence-electron chi connectivity index (χ3n) is 1.58. The number of hydrogen-bond acceptors (Lipinski definition) is 4. The molecule has 0 aliphatic heterocycles. The summed E-state index contributed by atoms with van der Waals surface area (Å²) < 4.78 is 4.43. The number of nitrogens with zero attached hydrogens (tertiary/aromatic N) is 1. The van der Waals surface area contributed by atoms with Crippen molar-refractivity contribution in [2.24, 2.45) is 0 Å². The number of carbonyl (C=O) groups excluding carboxylic acids is 1. The van der Waals surface area contributed by atoms with Crippen LogP contribution in [-0.2, 0) is 16.1 Å². The zero-order valence-corrected chi connectivity index (χ0v) is 7.80. The van der Waals surface area contributed by atoms with E-state index < -0.39 is 5.97 Å². The average Bonchev–Trinajstić information content (AvgIpc) is 2.26. The van der Waals surface area contributed by atoms with E-state index in [0.717, 1.165) is 0 Å². The Morgan fingerprint density at radius 2 is 2.43 bits per heavy atom. The fraction of sp³-hybridized carbons (Fsp3) is 0.200. The summed E-state index contributed by atoms with van der Waals surface area (Å²) in [6.45, 7) is -0.111. The molecule has 14 heavy (non-hydrogen) atoms. The van der Waals surface area contributed by atoms with Gasteiger partial charge in [0.15, 0.2) is 0 Å². The first kappa shape index (κ1) is 10.4. The summed E-state index contributed by atoms with van der Waals surface area (Å²) in [6.07, 6.45) is 2.81. The number of ether oxygens (including phenoxy) is 1. The van der Waals surface area contributed by atoms with Gasteiger partial charge in [-0.05, 0) is 18.2 Å². The number of carbonyl (C=O) groups is 1. The molecule has 0 bridgehead atoms. The maximum absolute atomic E-state index is 10.8. The van der Waals surface area contributed by atoms with Crippen LogP contribution in [0.5, 0.6) is 0 Å². The van der Waals surface area contributed by atoms with E-state index in [1.165, 1.54) is 19.3 Å². The van der Waals surface area contributed by atoms with Gasteiger partial charge in [0.05, 0.1) is 25.1 Å². The number of hydrogen-bond donors (Lipinski definition) is 1. The molecule has 0 aromatic carbocycles. The molecule has 0 unspecified atom stereocenters. The van der Waals surface area contributed by atoms with Crippen molar-refractivity contribution >= 4 is 12.0 Å². The van der Waals surface area contributed by atoms with E-state index in [4.69, 9.17) is 5.11 Å². The van der Waals surface area contributed by atoms with Crippen molar-refractivity contribution in [2.75, 3.05) is 7.11 Å². The van der Waals surface area contributed by atoms with E-state index in [1.807, 2.05) is 0 Å². The van der Waals surface area contributed by atoms with Crippen LogP contribution in [0.4, 0.5) is 0 Å². The number of aliphatic hydroxyl groups is 1. The molecule has 0 aliphatic carbocycles. The highest BCUT2D eigenvalue weighted by molar-refractivity contribution is 5.86. The number of esters is 1. The van der Waals surface area contributed by atoms with Gasteiger partial charge in [0.2, 0.25) is 0 Å². The van der Waals surface area contributed by atoms with E-state index in [2.05, 4.69) is 9.72 Å². The highest BCUT2D eigenvalue weighted by atomic mass is 16.5. The van der Waals surface area contributed by atoms with Crippen LogP contribution >= 0.6 is 0 Å². The van der Waals surface area contributed by atoms with Gasteiger partial charge in [-0.25, -0.2) is 4.79 Å². The van der Waals surface area contributed by atoms with Crippen molar-refractivity contribution in [1.29, 1.82) is 0 Å². The van der Waals surface area contributed by atoms with Crippen LogP contribution in [0, 0.1) is 0 Å². The number of aliphatic hydroxyl groups excluding tert-OH is 1. The highest BCUT2D eigenvalue weighted by Gasteiger charge is 1.94. The van der Waals surface area contributed by atoms with Gasteiger partial charge in [-0.1, -0.05) is 6.07 Å². The topological polar surface area (TPSA) is 59.4 Å². The molecule has 0 atom stereocenters. The van der Waals surface area contributed by atoms with Crippen LogP contribution < -0.4 is 0 Å². The average molecular weight is 193 g/mol. The molecular weight excluding hydrogens is 182 g/mol. The van der Waals surface area contributed by atoms with Gasteiger partial charge in [-0.3, -0.25) is 4.98 Å². The Kier molecular flexibility index (Phi) is 3.82. The standard InChI is InChI=1S/C10H11NO3/c1-14-10(13)6-5-8-3-2-4-9(7-12)11-8/h2-6,12H,7H2,1H3/b6-5+. The molecule has 0 fully saturated rings. The zero-order chi connectivity index (χ0) is 10.4. The Hall–Kier alpha value is -1.68. The Morgan fingerprint density at radius 3 is 3.07 bits per heavy atom. The lowest BCUT2D eigenvalue weighted by molar-refractivity contribution is -0.134. The first-order valence-electron chi connectivity index (χ1n) is 4.09. The van der Waals surface area contributed by atoms with Crippen molar-refractivity contribution in [2.45, 2.75) is 6.61 Å². The second-order valence-electron chi connectivity index (χ2n) is 2.57. The first-order chi connectivity index (χ1) is 6.76. The summed E-state index contributed by atoms with van der Waals surface area (Å²) in [5.41, 5.74) is 1.18. The highest BCUT2D eigenvalue weighted by Crippen LogP contribution is 2.01. The van der Waals surface area contributed by atoms with Gasteiger partial charge in [0, 0.05) is 6.08 Å². The van der Waals surface area contributed by atoms with Gasteiger partial charge >= 0.3 is 5.97 Å². The lowest BCUT2D eigenvalue weighted by Gasteiger charge is -1.96. The second kappa shape index (κ2) is 5.14. The minimum atomic E-state index is -0.429. The van der Waals surface area contributed by atoms with E-state index in [0.29, 0.717) is 11.4 Å². The predicted molar refractivity (Wildman–Crippen MR) is 51.2 cm³/mol. The van der Waals surface area contributed by atoms with Gasteiger partial charge in [0.1, 0.15) is 0 Å². The molecule has 0 saturated heterocycles. The predicted octanol–water partition coefficient (Wildman–Crippen LogP) is 0.760. The van der Waals surface area contributed by atoms with E-state index >= 15 is 0 Å². The Bertz CT molecular complexity index is 347. The van der Waals surface area contributed by atoms with Crippen LogP contribution in [-0.4, -0.2) is 23.2 Å². The van der Waals surface area contributed by atoms with Gasteiger partial charge in [-0.2, -0.15) is 0 Å². The maximum atomic E-state index is 10.8. The second-order valence-corrected chi connectivity index (χ2v) is 2.57. The summed E-state index contributed by atoms with van der Waals surface area (Å²) in [7, 11) is 1.31. The molecule has 0 radical (unpaired) electrons. The number of rotatable bonds is 3. The molecule has 4 nitrogen and oxygen atoms in total. The molecule has 1 aromatic rings. The van der Waals surface area contributed by atoms with Crippen molar-refractivity contribution in [3.63, 3.8) is 0 Å². The third kappa shape index (κ3) is 2.99. The van der Waals surface area contributed by atoms with Crippen LogP contribution in [0.15, 0.2) is 24.3 Å². The lowest BCUT2D eigenvalue weighted by atomic mass is 10.3. The van der Waals surface area contributed by atoms with Crippen molar-refractivity contribution in [3.8, 4) is 0 Å². The Morgan fingerprint density at radius 1 is 1.64 bits per heavy atom. The summed E-state index contributed by atoms with van der Waals surface area (Å²) in [5.74, 6) is -0.429. The summed E-state index contributed by atoms with van der Waals surface area (Å²) in [4.78, 5) is 14.8. The van der Waals surface area contributed by atoms with Crippen LogP contribution in [0.25, 0.3) is 6.08 Å². The van der Waals surface area contributed by atoms with Gasteiger partial charge < -0.3 is 9.84 Å². The fourth-order valence-corrected chi connectivity index (χ4v) is 0.900. The molecule has 1 N–H and O–H groups in total. The largest absolute Gasteiger partial charge is 0.466 e. The van der Waals surface area contributed by atoms with Crippen molar-refractivity contribution in [1.82, 2.24) is 4.98 Å². The van der Waals surface area contributed by atoms with E-state index in [9.17, 15) is 4.79 Å². The SMILES string of the molecule is COC(=O)/C=C/c1cccc(CO)n1. The smallest absolute Gasteiger partial charge is 0.330 e. The van der Waals surface area contributed by atoms with Crippen molar-refractivity contribution in [3.05, 3.63) is 35.7 Å². The monoisotopic (exact) mass is 193 g/mol. The van der Waals surface area contributed by atoms with Crippen LogP contribution in [0.1, 0.15) is 11.4 Å². The molecule has 1 aromatic heterocycles. The van der Waals surface area contributed by atoms with Gasteiger partial charge in [-0.15, -0.1) is 0 Å². The first-order valence-corrected chi connectivity index (χ1v) is 4.09. The molecule has 0 amide bonds. The normalized spacial score (nSPS) is 10.4. The molecule has 0 spiro atoms. The van der Waals surface area contributed by atoms with Crippen LogP contribution in [0.3, 0.4) is 0 Å². The summed E-state index contributed by atoms with van der Waals surface area (Å²) in [6, 6.07) is 5.20. The summed E-state index contributed by atoms with van der Waals surface area (Å²) >= 11 is 0. The third-order valence-corrected chi connectivity index (χ3v) is 1.58. The molecule has 0 aliphatic rings. The summed E-state index contributed by atoms with van der Waals surface area (Å²) in [5, 5.41) is 8.81. The number of pyridine rings is 1. The molecule has 1 heterocycles. The minimum Gasteiger partial charge on any atom is -0.466 e. The zero-order valence-electron chi connectivity index (χ0n) is 7.80. The molecular formula is C10H11NO3. The molecule has 74 valence electrons. The number of aromatic nitrogens is 1. The van der Waals surface area contributed by atoms with Crippen LogP contribution in [0.2, 0.25) is 0 Å². The minimum absolute atomic E-state index is 0.111. The van der Waals surface area contributed by atoms with Gasteiger partial charge in [0.25, 0.3) is 0 Å². The maximum Gasteiger partial charge on any atom is 0.330 e. The van der Waals surface area contributed by atoms with E-state index in [1.54, 1.807) is 18.2 Å². The Balaban J connectivity index is 2.76. The Labute approximate surface area is 81.9 Å². The number of methoxy groups -OCH3 is 1. The lowest BCUT2D eigenvalue weighted by Crippen LogP contribution is -1.94. The molecule has 0 saturated carbocycles. The quantitative estimate of drug-likeness (QED) is 0.568. The molecule has 1 rings (SSSR count). The van der Waals surface area contributed by atoms with Crippen molar-refractivity contribution < 1.29 is 14.6 Å².